The Morgan fingerprint density at radius 3 is 2.61 bits per heavy atom. The number of methoxy groups -OCH3 is 1. The van der Waals surface area contributed by atoms with Gasteiger partial charge in [-0.1, -0.05) is 30.3 Å². The highest BCUT2D eigenvalue weighted by Gasteiger charge is 2.24. The molecule has 1 N–H and O–H groups in total. The van der Waals surface area contributed by atoms with E-state index in [9.17, 15) is 14.4 Å². The first kappa shape index (κ1) is 22.6. The van der Waals surface area contributed by atoms with Crippen LogP contribution < -0.4 is 15.8 Å². The SMILES string of the molecule is COc1ccccc1CC(=O)N1CCC(NC(=O)CCCn2c(=O)oc3ccccc32)CC1. The molecule has 2 heterocycles. The molecule has 8 heteroatoms. The normalized spacial score (nSPS) is 14.4. The van der Waals surface area contributed by atoms with Gasteiger partial charge in [0.2, 0.25) is 11.8 Å². The van der Waals surface area contributed by atoms with Gasteiger partial charge in [0, 0.05) is 37.7 Å². The van der Waals surface area contributed by atoms with E-state index in [0.29, 0.717) is 44.5 Å². The first-order chi connectivity index (χ1) is 16.0. The van der Waals surface area contributed by atoms with Crippen LogP contribution in [0.3, 0.4) is 0 Å². The molecule has 1 aromatic heterocycles. The summed E-state index contributed by atoms with van der Waals surface area (Å²) in [5.74, 6) is 0.358. The van der Waals surface area contributed by atoms with Crippen molar-refractivity contribution in [1.82, 2.24) is 14.8 Å². The van der Waals surface area contributed by atoms with E-state index < -0.39 is 5.76 Å². The predicted octanol–water partition coefficient (Wildman–Crippen LogP) is 2.73. The van der Waals surface area contributed by atoms with Crippen molar-refractivity contribution in [2.24, 2.45) is 0 Å². The summed E-state index contributed by atoms with van der Waals surface area (Å²) in [4.78, 5) is 39.0. The Kier molecular flexibility index (Phi) is 7.12. The Labute approximate surface area is 192 Å². The molecular formula is C25H29N3O5. The highest BCUT2D eigenvalue weighted by molar-refractivity contribution is 5.80. The Bertz CT molecular complexity index is 1170. The van der Waals surface area contributed by atoms with Crippen LogP contribution in [-0.2, 0) is 22.6 Å². The van der Waals surface area contributed by atoms with E-state index in [-0.39, 0.29) is 17.9 Å². The van der Waals surface area contributed by atoms with Crippen LogP contribution in [0.25, 0.3) is 11.1 Å². The highest BCUT2D eigenvalue weighted by Crippen LogP contribution is 2.20. The summed E-state index contributed by atoms with van der Waals surface area (Å²) in [7, 11) is 1.60. The smallest absolute Gasteiger partial charge is 0.419 e. The number of rotatable bonds is 8. The molecule has 0 saturated carbocycles. The van der Waals surface area contributed by atoms with Crippen molar-refractivity contribution in [3.8, 4) is 5.75 Å². The fraction of sp³-hybridized carbons (Fsp3) is 0.400. The number of likely N-dealkylation sites (tertiary alicyclic amines) is 1. The maximum Gasteiger partial charge on any atom is 0.419 e. The molecule has 0 bridgehead atoms. The third-order valence-corrected chi connectivity index (χ3v) is 6.11. The number of nitrogens with one attached hydrogen (secondary N) is 1. The zero-order valence-electron chi connectivity index (χ0n) is 18.8. The minimum Gasteiger partial charge on any atom is -0.496 e. The maximum absolute atomic E-state index is 12.7. The van der Waals surface area contributed by atoms with Crippen LogP contribution in [-0.4, -0.2) is 47.5 Å². The number of ether oxygens (including phenoxy) is 1. The van der Waals surface area contributed by atoms with Gasteiger partial charge >= 0.3 is 5.76 Å². The predicted molar refractivity (Wildman–Crippen MR) is 124 cm³/mol. The van der Waals surface area contributed by atoms with Crippen molar-refractivity contribution < 1.29 is 18.7 Å². The second-order valence-electron chi connectivity index (χ2n) is 8.30. The lowest BCUT2D eigenvalue weighted by Gasteiger charge is -2.32. The number of piperidine rings is 1. The molecule has 3 aromatic rings. The van der Waals surface area contributed by atoms with E-state index in [2.05, 4.69) is 5.32 Å². The van der Waals surface area contributed by atoms with Gasteiger partial charge < -0.3 is 19.4 Å². The van der Waals surface area contributed by atoms with Crippen LogP contribution in [0.2, 0.25) is 0 Å². The minimum atomic E-state index is -0.401. The minimum absolute atomic E-state index is 0.0327. The summed E-state index contributed by atoms with van der Waals surface area (Å²) in [5.41, 5.74) is 2.18. The van der Waals surface area contributed by atoms with Crippen molar-refractivity contribution in [3.05, 3.63) is 64.6 Å². The molecule has 8 nitrogen and oxygen atoms in total. The summed E-state index contributed by atoms with van der Waals surface area (Å²) >= 11 is 0. The van der Waals surface area contributed by atoms with Gasteiger partial charge in [-0.25, -0.2) is 4.79 Å². The molecule has 4 rings (SSSR count). The molecule has 174 valence electrons. The summed E-state index contributed by atoms with van der Waals surface area (Å²) in [6, 6.07) is 14.9. The molecule has 2 aromatic carbocycles. The Morgan fingerprint density at radius 1 is 1.09 bits per heavy atom. The topological polar surface area (TPSA) is 93.8 Å². The van der Waals surface area contributed by atoms with Crippen molar-refractivity contribution in [3.63, 3.8) is 0 Å². The number of fused-ring (bicyclic) bond motifs is 1. The molecule has 1 fully saturated rings. The Hall–Kier alpha value is -3.55. The van der Waals surface area contributed by atoms with E-state index in [0.717, 1.165) is 29.7 Å². The monoisotopic (exact) mass is 451 g/mol. The van der Waals surface area contributed by atoms with Crippen molar-refractivity contribution in [1.29, 1.82) is 0 Å². The van der Waals surface area contributed by atoms with Gasteiger partial charge in [-0.15, -0.1) is 0 Å². The first-order valence-corrected chi connectivity index (χ1v) is 11.3. The number of aryl methyl sites for hydroxylation is 1. The summed E-state index contributed by atoms with van der Waals surface area (Å²) in [5, 5.41) is 3.07. The number of benzene rings is 2. The number of para-hydroxylation sites is 3. The molecule has 1 saturated heterocycles. The second-order valence-corrected chi connectivity index (χ2v) is 8.30. The van der Waals surface area contributed by atoms with E-state index >= 15 is 0 Å². The fourth-order valence-electron chi connectivity index (χ4n) is 4.32. The molecule has 0 atom stereocenters. The lowest BCUT2D eigenvalue weighted by molar-refractivity contribution is -0.131. The number of aromatic nitrogens is 1. The molecule has 0 aliphatic carbocycles. The van der Waals surface area contributed by atoms with Gasteiger partial charge in [0.1, 0.15) is 5.75 Å². The number of oxazole rings is 1. The van der Waals surface area contributed by atoms with Gasteiger partial charge in [-0.05, 0) is 37.5 Å². The number of amides is 2. The highest BCUT2D eigenvalue weighted by atomic mass is 16.5. The molecule has 0 spiro atoms. The van der Waals surface area contributed by atoms with Crippen molar-refractivity contribution in [2.45, 2.75) is 44.7 Å². The lowest BCUT2D eigenvalue weighted by atomic mass is 10.0. The molecule has 0 radical (unpaired) electrons. The number of nitrogens with zero attached hydrogens (tertiary/aromatic N) is 2. The first-order valence-electron chi connectivity index (χ1n) is 11.3. The third kappa shape index (κ3) is 5.45. The molecule has 1 aliphatic rings. The van der Waals surface area contributed by atoms with Gasteiger partial charge in [-0.2, -0.15) is 0 Å². The van der Waals surface area contributed by atoms with Crippen molar-refractivity contribution in [2.75, 3.05) is 20.2 Å². The van der Waals surface area contributed by atoms with Gasteiger partial charge in [0.15, 0.2) is 5.58 Å². The molecular weight excluding hydrogens is 422 g/mol. The van der Waals surface area contributed by atoms with Crippen LogP contribution >= 0.6 is 0 Å². The quantitative estimate of drug-likeness (QED) is 0.568. The molecule has 1 aliphatic heterocycles. The van der Waals surface area contributed by atoms with E-state index in [1.165, 1.54) is 0 Å². The zero-order valence-corrected chi connectivity index (χ0v) is 18.8. The summed E-state index contributed by atoms with van der Waals surface area (Å²) in [6.45, 7) is 1.67. The standard InChI is InChI=1S/C25H29N3O5/c1-32-21-9-4-2-7-18(21)17-24(30)27-15-12-19(13-16-27)26-23(29)11-6-14-28-20-8-3-5-10-22(20)33-25(28)31/h2-5,7-10,19H,6,11-17H2,1H3,(H,26,29). The number of carbonyl (C=O) groups excluding carboxylic acids is 2. The van der Waals surface area contributed by atoms with Gasteiger partial charge in [0.05, 0.1) is 19.0 Å². The second kappa shape index (κ2) is 10.4. The van der Waals surface area contributed by atoms with E-state index in [1.807, 2.05) is 47.4 Å². The third-order valence-electron chi connectivity index (χ3n) is 6.11. The molecule has 0 unspecified atom stereocenters. The van der Waals surface area contributed by atoms with Crippen LogP contribution in [0, 0.1) is 0 Å². The van der Waals surface area contributed by atoms with Gasteiger partial charge in [-0.3, -0.25) is 14.2 Å². The van der Waals surface area contributed by atoms with Crippen molar-refractivity contribution >= 4 is 22.9 Å². The maximum atomic E-state index is 12.7. The number of hydrogen-bond acceptors (Lipinski definition) is 5. The molecule has 2 amide bonds. The van der Waals surface area contributed by atoms with Crippen LogP contribution in [0.4, 0.5) is 0 Å². The summed E-state index contributed by atoms with van der Waals surface area (Å²) in [6.07, 6.45) is 2.65. The summed E-state index contributed by atoms with van der Waals surface area (Å²) < 4.78 is 12.1. The van der Waals surface area contributed by atoms with Crippen LogP contribution in [0.5, 0.6) is 5.75 Å². The van der Waals surface area contributed by atoms with E-state index in [1.54, 1.807) is 17.7 Å². The number of hydrogen-bond donors (Lipinski definition) is 1. The lowest BCUT2D eigenvalue weighted by Crippen LogP contribution is -2.47. The van der Waals surface area contributed by atoms with Crippen LogP contribution in [0.15, 0.2) is 57.7 Å². The number of carbonyl (C=O) groups is 2. The largest absolute Gasteiger partial charge is 0.496 e. The van der Waals surface area contributed by atoms with E-state index in [4.69, 9.17) is 9.15 Å². The fourth-order valence-corrected chi connectivity index (χ4v) is 4.32. The van der Waals surface area contributed by atoms with Crippen LogP contribution in [0.1, 0.15) is 31.2 Å². The average Bonchev–Trinajstić information content (AvgIpc) is 3.15. The Morgan fingerprint density at radius 2 is 1.82 bits per heavy atom. The molecule has 33 heavy (non-hydrogen) atoms. The zero-order chi connectivity index (χ0) is 23.2. The average molecular weight is 452 g/mol. The van der Waals surface area contributed by atoms with Gasteiger partial charge in [0.25, 0.3) is 0 Å². The Balaban J connectivity index is 1.20.